The molecule has 0 spiro atoms. The molecule has 102 valence electrons. The van der Waals surface area contributed by atoms with Crippen LogP contribution >= 0.6 is 31.9 Å². The first kappa shape index (κ1) is 16.0. The number of ether oxygens (including phenoxy) is 1. The lowest BCUT2D eigenvalue weighted by Gasteiger charge is -2.35. The minimum atomic E-state index is 0.223. The maximum atomic E-state index is 5.48. The molecule has 0 amide bonds. The zero-order valence-corrected chi connectivity index (χ0v) is 14.8. The summed E-state index contributed by atoms with van der Waals surface area (Å²) in [6.45, 7) is 6.69. The molecule has 1 aromatic rings. The second kappa shape index (κ2) is 6.95. The molecule has 0 aliphatic carbocycles. The van der Waals surface area contributed by atoms with Crippen molar-refractivity contribution in [2.45, 2.75) is 27.2 Å². The quantitative estimate of drug-likeness (QED) is 0.635. The van der Waals surface area contributed by atoms with Gasteiger partial charge in [-0.15, -0.1) is 0 Å². The number of halogens is 2. The summed E-state index contributed by atoms with van der Waals surface area (Å²) in [5, 5.41) is 1.97. The van der Waals surface area contributed by atoms with Crippen molar-refractivity contribution in [2.75, 3.05) is 17.8 Å². The maximum absolute atomic E-state index is 5.48. The van der Waals surface area contributed by atoms with E-state index in [1.807, 2.05) is 0 Å². The molecular weight excluding hydrogens is 356 g/mol. The SMILES string of the molecule is COc1ccc(C)cc1CC(CBr)(CBr)C(C)C. The maximum Gasteiger partial charge on any atom is 0.122 e. The highest BCUT2D eigenvalue weighted by molar-refractivity contribution is 9.09. The zero-order chi connectivity index (χ0) is 13.8. The Balaban J connectivity index is 3.10. The van der Waals surface area contributed by atoms with Crippen LogP contribution in [0, 0.1) is 18.3 Å². The van der Waals surface area contributed by atoms with Crippen molar-refractivity contribution >= 4 is 31.9 Å². The Morgan fingerprint density at radius 1 is 1.22 bits per heavy atom. The molecule has 1 nitrogen and oxygen atoms in total. The van der Waals surface area contributed by atoms with Crippen molar-refractivity contribution in [1.29, 1.82) is 0 Å². The summed E-state index contributed by atoms with van der Waals surface area (Å²) in [6.07, 6.45) is 1.02. The average molecular weight is 378 g/mol. The van der Waals surface area contributed by atoms with E-state index in [1.54, 1.807) is 7.11 Å². The van der Waals surface area contributed by atoms with Gasteiger partial charge in [0.25, 0.3) is 0 Å². The highest BCUT2D eigenvalue weighted by Crippen LogP contribution is 2.38. The van der Waals surface area contributed by atoms with E-state index in [1.165, 1.54) is 11.1 Å². The molecule has 0 N–H and O–H groups in total. The van der Waals surface area contributed by atoms with Gasteiger partial charge in [-0.3, -0.25) is 0 Å². The Hall–Kier alpha value is -0.0200. The molecule has 3 heteroatoms. The molecule has 0 aromatic heterocycles. The molecule has 0 saturated carbocycles. The van der Waals surface area contributed by atoms with Crippen molar-refractivity contribution in [3.63, 3.8) is 0 Å². The van der Waals surface area contributed by atoms with Crippen LogP contribution in [-0.4, -0.2) is 17.8 Å². The summed E-state index contributed by atoms with van der Waals surface area (Å²) in [5.74, 6) is 1.59. The zero-order valence-electron chi connectivity index (χ0n) is 11.6. The Morgan fingerprint density at radius 3 is 2.28 bits per heavy atom. The van der Waals surface area contributed by atoms with E-state index in [4.69, 9.17) is 4.74 Å². The fourth-order valence-electron chi connectivity index (χ4n) is 2.07. The van der Waals surface area contributed by atoms with Crippen molar-refractivity contribution in [3.05, 3.63) is 29.3 Å². The van der Waals surface area contributed by atoms with Gasteiger partial charge in [-0.25, -0.2) is 0 Å². The van der Waals surface area contributed by atoms with Crippen molar-refractivity contribution in [3.8, 4) is 5.75 Å². The van der Waals surface area contributed by atoms with Gasteiger partial charge in [0, 0.05) is 10.7 Å². The second-order valence-corrected chi connectivity index (χ2v) is 6.40. The standard InChI is InChI=1S/C15H22Br2O/c1-11(2)15(9-16,10-17)8-13-7-12(3)5-6-14(13)18-4/h5-7,11H,8-10H2,1-4H3. The van der Waals surface area contributed by atoms with Crippen molar-refractivity contribution in [2.24, 2.45) is 11.3 Å². The van der Waals surface area contributed by atoms with E-state index in [0.29, 0.717) is 5.92 Å². The molecule has 0 radical (unpaired) electrons. The third-order valence-electron chi connectivity index (χ3n) is 3.74. The summed E-state index contributed by atoms with van der Waals surface area (Å²) in [6, 6.07) is 6.40. The Kier molecular flexibility index (Phi) is 6.19. The van der Waals surface area contributed by atoms with E-state index in [9.17, 15) is 0 Å². The van der Waals surface area contributed by atoms with Crippen LogP contribution in [0.2, 0.25) is 0 Å². The summed E-state index contributed by atoms with van der Waals surface area (Å²) >= 11 is 7.37. The fourth-order valence-corrected chi connectivity index (χ4v) is 4.69. The van der Waals surface area contributed by atoms with Crippen LogP contribution < -0.4 is 4.74 Å². The van der Waals surface area contributed by atoms with Crippen LogP contribution in [0.1, 0.15) is 25.0 Å². The first-order valence-corrected chi connectivity index (χ1v) is 8.49. The molecular formula is C15H22Br2O. The molecule has 1 rings (SSSR count). The number of alkyl halides is 2. The third kappa shape index (κ3) is 3.51. The first-order valence-electron chi connectivity index (χ1n) is 6.24. The molecule has 1 aromatic carbocycles. The van der Waals surface area contributed by atoms with E-state index in [-0.39, 0.29) is 5.41 Å². The predicted molar refractivity (Wildman–Crippen MR) is 86.3 cm³/mol. The summed E-state index contributed by atoms with van der Waals surface area (Å²) in [7, 11) is 1.74. The lowest BCUT2D eigenvalue weighted by Crippen LogP contribution is -2.33. The van der Waals surface area contributed by atoms with Gasteiger partial charge in [0.15, 0.2) is 0 Å². The van der Waals surface area contributed by atoms with Crippen LogP contribution in [0.3, 0.4) is 0 Å². The Labute approximate surface area is 128 Å². The minimum absolute atomic E-state index is 0.223. The highest BCUT2D eigenvalue weighted by Gasteiger charge is 2.32. The van der Waals surface area contributed by atoms with E-state index in [2.05, 4.69) is 70.8 Å². The number of hydrogen-bond acceptors (Lipinski definition) is 1. The largest absolute Gasteiger partial charge is 0.496 e. The van der Waals surface area contributed by atoms with Gasteiger partial charge in [0.1, 0.15) is 5.75 Å². The number of hydrogen-bond donors (Lipinski definition) is 0. The Bertz CT molecular complexity index is 384. The van der Waals surface area contributed by atoms with E-state index < -0.39 is 0 Å². The summed E-state index contributed by atoms with van der Waals surface area (Å²) < 4.78 is 5.48. The molecule has 0 atom stereocenters. The molecule has 0 aliphatic rings. The van der Waals surface area contributed by atoms with Gasteiger partial charge >= 0.3 is 0 Å². The molecule has 0 saturated heterocycles. The first-order chi connectivity index (χ1) is 8.49. The lowest BCUT2D eigenvalue weighted by molar-refractivity contribution is 0.264. The lowest BCUT2D eigenvalue weighted by atomic mass is 9.76. The molecule has 0 unspecified atom stereocenters. The number of benzene rings is 1. The van der Waals surface area contributed by atoms with Gasteiger partial charge < -0.3 is 4.74 Å². The summed E-state index contributed by atoms with van der Waals surface area (Å²) in [5.41, 5.74) is 2.80. The Morgan fingerprint density at radius 2 is 1.83 bits per heavy atom. The van der Waals surface area contributed by atoms with Crippen LogP contribution in [0.25, 0.3) is 0 Å². The topological polar surface area (TPSA) is 9.23 Å². The van der Waals surface area contributed by atoms with Crippen LogP contribution in [0.4, 0.5) is 0 Å². The smallest absolute Gasteiger partial charge is 0.122 e. The van der Waals surface area contributed by atoms with Gasteiger partial charge in [0.2, 0.25) is 0 Å². The number of methoxy groups -OCH3 is 1. The van der Waals surface area contributed by atoms with E-state index >= 15 is 0 Å². The molecule has 0 fully saturated rings. The number of aryl methyl sites for hydroxylation is 1. The second-order valence-electron chi connectivity index (χ2n) is 5.28. The molecule has 18 heavy (non-hydrogen) atoms. The van der Waals surface area contributed by atoms with Crippen molar-refractivity contribution < 1.29 is 4.74 Å². The third-order valence-corrected chi connectivity index (χ3v) is 5.97. The van der Waals surface area contributed by atoms with Crippen LogP contribution in [0.15, 0.2) is 18.2 Å². The molecule has 0 aliphatic heterocycles. The van der Waals surface area contributed by atoms with Gasteiger partial charge in [0.05, 0.1) is 7.11 Å². The van der Waals surface area contributed by atoms with Crippen LogP contribution in [-0.2, 0) is 6.42 Å². The van der Waals surface area contributed by atoms with Crippen molar-refractivity contribution in [1.82, 2.24) is 0 Å². The normalized spacial score (nSPS) is 11.9. The molecule has 0 heterocycles. The van der Waals surface area contributed by atoms with Gasteiger partial charge in [-0.2, -0.15) is 0 Å². The number of rotatable bonds is 6. The minimum Gasteiger partial charge on any atom is -0.496 e. The summed E-state index contributed by atoms with van der Waals surface area (Å²) in [4.78, 5) is 0. The average Bonchev–Trinajstić information content (AvgIpc) is 2.36. The highest BCUT2D eigenvalue weighted by atomic mass is 79.9. The predicted octanol–water partition coefficient (Wildman–Crippen LogP) is 4.98. The van der Waals surface area contributed by atoms with Gasteiger partial charge in [-0.1, -0.05) is 63.4 Å². The molecule has 0 bridgehead atoms. The monoisotopic (exact) mass is 376 g/mol. The van der Waals surface area contributed by atoms with Gasteiger partial charge in [-0.05, 0) is 36.3 Å². The fraction of sp³-hybridized carbons (Fsp3) is 0.600. The van der Waals surface area contributed by atoms with Crippen LogP contribution in [0.5, 0.6) is 5.75 Å². The van der Waals surface area contributed by atoms with E-state index in [0.717, 1.165) is 22.8 Å².